The van der Waals surface area contributed by atoms with Crippen molar-refractivity contribution in [1.82, 2.24) is 0 Å². The van der Waals surface area contributed by atoms with E-state index in [2.05, 4.69) is 0 Å². The second kappa shape index (κ2) is 17.6. The SMILES string of the molecule is [Ag].[AlH3].[Cu].[MgH2]. The molecule has 0 aliphatic heterocycles. The molecule has 0 fully saturated rings. The Bertz CT molecular complexity index is 8.00. The van der Waals surface area contributed by atoms with E-state index in [4.69, 9.17) is 0 Å². The first-order valence-electron chi connectivity index (χ1n) is 0. The molecule has 0 aliphatic rings. The summed E-state index contributed by atoms with van der Waals surface area (Å²) in [5.41, 5.74) is 0. The Morgan fingerprint density at radius 2 is 1.00 bits per heavy atom. The van der Waals surface area contributed by atoms with E-state index < -0.39 is 0 Å². The molecule has 0 saturated heterocycles. The number of rotatable bonds is 0. The fourth-order valence-electron chi connectivity index (χ4n) is 0. The molecule has 0 aromatic carbocycles. The van der Waals surface area contributed by atoms with Crippen molar-refractivity contribution < 1.29 is 39.4 Å². The van der Waals surface area contributed by atoms with Gasteiger partial charge in [0, 0.05) is 39.4 Å². The molecule has 4 heavy (non-hydrogen) atoms. The summed E-state index contributed by atoms with van der Waals surface area (Å²) in [7, 11) is 0. The number of hydrogen-bond acceptors (Lipinski definition) is 0. The molecule has 0 spiro atoms. The van der Waals surface area contributed by atoms with Gasteiger partial charge in [-0.25, -0.2) is 0 Å². The van der Waals surface area contributed by atoms with Crippen LogP contribution in [0, 0.1) is 0 Å². The van der Waals surface area contributed by atoms with E-state index >= 15 is 0 Å². The van der Waals surface area contributed by atoms with Crippen LogP contribution in [0.2, 0.25) is 0 Å². The average molecular weight is 228 g/mol. The normalized spacial score (nSPS) is 0. The maximum absolute atomic E-state index is 0. The quantitative estimate of drug-likeness (QED) is 0.416. The minimum atomic E-state index is 0. The summed E-state index contributed by atoms with van der Waals surface area (Å²) in [6.45, 7) is 0. The van der Waals surface area contributed by atoms with Gasteiger partial charge in [-0.2, -0.15) is 0 Å². The van der Waals surface area contributed by atoms with Crippen LogP contribution in [-0.2, 0) is 39.4 Å². The monoisotopic (exact) mass is 226 g/mol. The maximum atomic E-state index is 0. The maximum Gasteiger partial charge on any atom is 0.316 e. The second-order valence-corrected chi connectivity index (χ2v) is 0. The Morgan fingerprint density at radius 3 is 1.00 bits per heavy atom. The Morgan fingerprint density at radius 1 is 1.00 bits per heavy atom. The molecule has 4 heteroatoms. The van der Waals surface area contributed by atoms with Crippen LogP contribution >= 0.6 is 0 Å². The van der Waals surface area contributed by atoms with E-state index in [0.717, 1.165) is 0 Å². The van der Waals surface area contributed by atoms with Crippen molar-refractivity contribution in [1.29, 1.82) is 0 Å². The first-order valence-corrected chi connectivity index (χ1v) is 0. The van der Waals surface area contributed by atoms with Crippen LogP contribution in [0.25, 0.3) is 0 Å². The zero-order chi connectivity index (χ0) is 0. The van der Waals surface area contributed by atoms with Crippen molar-refractivity contribution in [2.45, 2.75) is 0 Å². The Labute approximate surface area is 78.7 Å². The van der Waals surface area contributed by atoms with Gasteiger partial charge in [0.1, 0.15) is 0 Å². The predicted molar refractivity (Wildman–Crippen MR) is 18.5 cm³/mol. The first-order chi connectivity index (χ1) is 0. The zero-order valence-corrected chi connectivity index (χ0v) is 3.03. The van der Waals surface area contributed by atoms with Crippen LogP contribution in [0.3, 0.4) is 0 Å². The molecule has 32 valence electrons. The van der Waals surface area contributed by atoms with Gasteiger partial charge in [-0.05, 0) is 0 Å². The molecule has 0 atom stereocenters. The van der Waals surface area contributed by atoms with Crippen LogP contribution in [0.4, 0.5) is 0 Å². The average Bonchev–Trinajstić information content (AvgIpc) is 0. The van der Waals surface area contributed by atoms with E-state index in [-0.39, 0.29) is 79.9 Å². The summed E-state index contributed by atoms with van der Waals surface area (Å²) in [6, 6.07) is 0. The third-order valence-corrected chi connectivity index (χ3v) is 0. The van der Waals surface area contributed by atoms with Gasteiger partial charge >= 0.3 is 23.1 Å². The minimum absolute atomic E-state index is 0. The van der Waals surface area contributed by atoms with Gasteiger partial charge in [0.2, 0.25) is 0 Å². The topological polar surface area (TPSA) is 0 Å². The van der Waals surface area contributed by atoms with E-state index in [9.17, 15) is 0 Å². The summed E-state index contributed by atoms with van der Waals surface area (Å²) in [4.78, 5) is 0. The van der Waals surface area contributed by atoms with Crippen molar-refractivity contribution in [3.8, 4) is 0 Å². The molecule has 0 nitrogen and oxygen atoms in total. The van der Waals surface area contributed by atoms with Crippen molar-refractivity contribution >= 4 is 40.4 Å². The molecule has 0 saturated carbocycles. The van der Waals surface area contributed by atoms with E-state index in [0.29, 0.717) is 0 Å². The summed E-state index contributed by atoms with van der Waals surface area (Å²) in [6.07, 6.45) is 0. The summed E-state index contributed by atoms with van der Waals surface area (Å²) < 4.78 is 0. The molecule has 0 aromatic heterocycles. The number of hydrogen-bond donors (Lipinski definition) is 0. The van der Waals surface area contributed by atoms with Crippen molar-refractivity contribution in [2.75, 3.05) is 0 Å². The second-order valence-electron chi connectivity index (χ2n) is 0. The fraction of sp³-hybridized carbons (Fsp3) is 0. The molecule has 0 aromatic rings. The Kier molecular flexibility index (Phi) is 137. The van der Waals surface area contributed by atoms with Crippen molar-refractivity contribution in [3.63, 3.8) is 0 Å². The van der Waals surface area contributed by atoms with Crippen molar-refractivity contribution in [2.24, 2.45) is 0 Å². The molecular weight excluding hydrogens is 223 g/mol. The van der Waals surface area contributed by atoms with E-state index in [1.54, 1.807) is 0 Å². The van der Waals surface area contributed by atoms with Crippen LogP contribution < -0.4 is 0 Å². The van der Waals surface area contributed by atoms with Gasteiger partial charge in [0.05, 0.1) is 0 Å². The molecule has 0 N–H and O–H groups in total. The van der Waals surface area contributed by atoms with Crippen LogP contribution in [0.5, 0.6) is 0 Å². The van der Waals surface area contributed by atoms with Gasteiger partial charge in [-0.1, -0.05) is 0 Å². The summed E-state index contributed by atoms with van der Waals surface area (Å²) in [5.74, 6) is 0. The third kappa shape index (κ3) is 8.82. The fourth-order valence-corrected chi connectivity index (χ4v) is 0. The molecule has 0 rings (SSSR count). The van der Waals surface area contributed by atoms with Gasteiger partial charge in [0.15, 0.2) is 17.4 Å². The van der Waals surface area contributed by atoms with E-state index in [1.807, 2.05) is 0 Å². The van der Waals surface area contributed by atoms with Crippen LogP contribution in [-0.4, -0.2) is 40.4 Å². The molecule has 0 bridgehead atoms. The summed E-state index contributed by atoms with van der Waals surface area (Å²) >= 11 is 0. The predicted octanol–water partition coefficient (Wildman–Crippen LogP) is -2.11. The van der Waals surface area contributed by atoms with Crippen LogP contribution in [0.1, 0.15) is 0 Å². The van der Waals surface area contributed by atoms with Gasteiger partial charge in [-0.3, -0.25) is 0 Å². The summed E-state index contributed by atoms with van der Waals surface area (Å²) in [5, 5.41) is 0. The van der Waals surface area contributed by atoms with Crippen LogP contribution in [0.15, 0.2) is 0 Å². The zero-order valence-electron chi connectivity index (χ0n) is 0.603. The Hall–Kier alpha value is 2.56. The minimum Gasteiger partial charge on any atom is 0 e. The van der Waals surface area contributed by atoms with Gasteiger partial charge < -0.3 is 0 Å². The van der Waals surface area contributed by atoms with Gasteiger partial charge in [-0.15, -0.1) is 0 Å². The Balaban J connectivity index is 0. The molecule has 0 aliphatic carbocycles. The first kappa shape index (κ1) is 31.0. The molecule has 0 amide bonds. The molecule has 0 unspecified atom stereocenters. The molecular formula is H5AgAlCuMg. The standard InChI is InChI=1S/Ag.Al.Cu.Mg.5H. The molecule has 2 radical (unpaired) electrons. The largest absolute Gasteiger partial charge is 0.316 e. The smallest absolute Gasteiger partial charge is 0 e. The van der Waals surface area contributed by atoms with E-state index in [1.165, 1.54) is 0 Å². The third-order valence-electron chi connectivity index (χ3n) is 0. The van der Waals surface area contributed by atoms with Crippen molar-refractivity contribution in [3.05, 3.63) is 0 Å². The van der Waals surface area contributed by atoms with Gasteiger partial charge in [0.25, 0.3) is 0 Å². The molecule has 0 heterocycles.